The Labute approximate surface area is 204 Å². The number of hydrogen-bond acceptors (Lipinski definition) is 3. The van der Waals surface area contributed by atoms with Crippen molar-refractivity contribution in [3.63, 3.8) is 0 Å². The maximum absolute atomic E-state index is 12.8. The molecule has 3 aromatic heterocycles. The van der Waals surface area contributed by atoms with Crippen LogP contribution in [0.4, 0.5) is 23.7 Å². The number of amides is 2. The van der Waals surface area contributed by atoms with E-state index in [1.165, 1.54) is 12.1 Å². The van der Waals surface area contributed by atoms with Crippen LogP contribution in [0.2, 0.25) is 0 Å². The molecule has 5 rings (SSSR count). The minimum atomic E-state index is -4.47. The van der Waals surface area contributed by atoms with Gasteiger partial charge >= 0.3 is 12.2 Å². The maximum Gasteiger partial charge on any atom is 0.416 e. The Bertz CT molecular complexity index is 1510. The lowest BCUT2D eigenvalue weighted by Gasteiger charge is -2.11. The number of pyridine rings is 2. The third-order valence-electron chi connectivity index (χ3n) is 5.66. The molecule has 36 heavy (non-hydrogen) atoms. The summed E-state index contributed by atoms with van der Waals surface area (Å²) in [6.45, 7) is 0.215. The van der Waals surface area contributed by atoms with Crippen LogP contribution in [0, 0.1) is 0 Å². The highest BCUT2D eigenvalue weighted by Crippen LogP contribution is 2.30. The largest absolute Gasteiger partial charge is 0.416 e. The Morgan fingerprint density at radius 2 is 1.72 bits per heavy atom. The number of rotatable bonds is 5. The third-order valence-corrected chi connectivity index (χ3v) is 5.66. The first-order chi connectivity index (χ1) is 17.4. The quantitative estimate of drug-likeness (QED) is 0.301. The number of benzene rings is 2. The van der Waals surface area contributed by atoms with Crippen LogP contribution in [0.5, 0.6) is 0 Å². The van der Waals surface area contributed by atoms with Crippen molar-refractivity contribution >= 4 is 17.4 Å². The number of halogens is 3. The number of carbonyl (C=O) groups excluding carboxylic acids is 1. The van der Waals surface area contributed by atoms with Gasteiger partial charge in [0.25, 0.3) is 0 Å². The zero-order valence-electron chi connectivity index (χ0n) is 18.8. The number of alkyl halides is 3. The summed E-state index contributed by atoms with van der Waals surface area (Å²) in [5, 5.41) is 5.09. The highest BCUT2D eigenvalue weighted by molar-refractivity contribution is 5.89. The molecule has 0 bridgehead atoms. The van der Waals surface area contributed by atoms with Crippen LogP contribution in [0.3, 0.4) is 0 Å². The van der Waals surface area contributed by atoms with E-state index >= 15 is 0 Å². The van der Waals surface area contributed by atoms with Gasteiger partial charge in [0.05, 0.1) is 17.5 Å². The zero-order chi connectivity index (χ0) is 25.1. The second-order valence-corrected chi connectivity index (χ2v) is 8.11. The molecule has 0 aliphatic rings. The molecule has 9 heteroatoms. The fourth-order valence-corrected chi connectivity index (χ4v) is 3.83. The average molecular weight is 487 g/mol. The molecular formula is C27H20F3N5O. The first kappa shape index (κ1) is 23.1. The lowest BCUT2D eigenvalue weighted by atomic mass is 10.1. The Morgan fingerprint density at radius 3 is 2.47 bits per heavy atom. The van der Waals surface area contributed by atoms with Crippen molar-refractivity contribution in [2.24, 2.45) is 0 Å². The number of urea groups is 1. The van der Waals surface area contributed by atoms with E-state index in [4.69, 9.17) is 0 Å². The second kappa shape index (κ2) is 9.53. The average Bonchev–Trinajstić information content (AvgIpc) is 3.31. The molecule has 0 radical (unpaired) electrons. The minimum absolute atomic E-state index is 0.0666. The van der Waals surface area contributed by atoms with Gasteiger partial charge in [-0.25, -0.2) is 9.78 Å². The molecule has 180 valence electrons. The molecule has 0 aliphatic carbocycles. The normalized spacial score (nSPS) is 11.4. The standard InChI is InChI=1S/C27H20F3N5O/c28-27(29,30)22-4-1-5-23(14-22)34-26(36)33-15-18-6-8-19(9-7-18)24-17-32-25-13-20(10-12-35(24)25)21-3-2-11-31-16-21/h1-14,16-17H,15H2,(H2,33,34,36). The van der Waals surface area contributed by atoms with E-state index in [0.717, 1.165) is 45.7 Å². The maximum atomic E-state index is 12.8. The first-order valence-corrected chi connectivity index (χ1v) is 11.1. The fraction of sp³-hybridized carbons (Fsp3) is 0.0741. The predicted octanol–water partition coefficient (Wildman–Crippen LogP) is 6.40. The van der Waals surface area contributed by atoms with E-state index in [9.17, 15) is 18.0 Å². The molecule has 2 N–H and O–H groups in total. The lowest BCUT2D eigenvalue weighted by molar-refractivity contribution is -0.137. The van der Waals surface area contributed by atoms with Crippen LogP contribution >= 0.6 is 0 Å². The summed E-state index contributed by atoms with van der Waals surface area (Å²) in [6.07, 6.45) is 2.84. The molecule has 0 atom stereocenters. The number of fused-ring (bicyclic) bond motifs is 1. The summed E-state index contributed by atoms with van der Waals surface area (Å²) < 4.78 is 40.5. The van der Waals surface area contributed by atoms with Gasteiger partial charge in [0.2, 0.25) is 0 Å². The van der Waals surface area contributed by atoms with Crippen molar-refractivity contribution in [1.29, 1.82) is 0 Å². The Morgan fingerprint density at radius 1 is 0.889 bits per heavy atom. The molecule has 0 saturated heterocycles. The minimum Gasteiger partial charge on any atom is -0.334 e. The van der Waals surface area contributed by atoms with Crippen LogP contribution in [0.15, 0.2) is 97.6 Å². The fourth-order valence-electron chi connectivity index (χ4n) is 3.83. The number of aromatic nitrogens is 3. The van der Waals surface area contributed by atoms with E-state index < -0.39 is 17.8 Å². The smallest absolute Gasteiger partial charge is 0.334 e. The first-order valence-electron chi connectivity index (χ1n) is 11.1. The van der Waals surface area contributed by atoms with Crippen molar-refractivity contribution in [2.45, 2.75) is 12.7 Å². The van der Waals surface area contributed by atoms with Crippen LogP contribution in [0.25, 0.3) is 28.0 Å². The van der Waals surface area contributed by atoms with Crippen LogP contribution in [-0.2, 0) is 12.7 Å². The molecule has 0 spiro atoms. The van der Waals surface area contributed by atoms with Gasteiger partial charge in [-0.2, -0.15) is 13.2 Å². The number of carbonyl (C=O) groups is 1. The molecule has 2 aromatic carbocycles. The van der Waals surface area contributed by atoms with Gasteiger partial charge in [-0.1, -0.05) is 36.4 Å². The monoisotopic (exact) mass is 487 g/mol. The highest BCUT2D eigenvalue weighted by Gasteiger charge is 2.30. The van der Waals surface area contributed by atoms with Crippen LogP contribution in [-0.4, -0.2) is 20.4 Å². The summed E-state index contributed by atoms with van der Waals surface area (Å²) in [5.74, 6) is 0. The van der Waals surface area contributed by atoms with E-state index in [1.54, 1.807) is 12.4 Å². The van der Waals surface area contributed by atoms with Gasteiger partial charge in [0.15, 0.2) is 0 Å². The van der Waals surface area contributed by atoms with Gasteiger partial charge in [0.1, 0.15) is 5.65 Å². The van der Waals surface area contributed by atoms with Crippen molar-refractivity contribution < 1.29 is 18.0 Å². The molecule has 0 saturated carbocycles. The summed E-state index contributed by atoms with van der Waals surface area (Å²) >= 11 is 0. The summed E-state index contributed by atoms with van der Waals surface area (Å²) in [7, 11) is 0. The predicted molar refractivity (Wildman–Crippen MR) is 131 cm³/mol. The Kier molecular flexibility index (Phi) is 6.12. The van der Waals surface area contributed by atoms with Gasteiger partial charge < -0.3 is 10.6 Å². The van der Waals surface area contributed by atoms with Gasteiger partial charge in [-0.15, -0.1) is 0 Å². The van der Waals surface area contributed by atoms with Crippen molar-refractivity contribution in [2.75, 3.05) is 5.32 Å². The zero-order valence-corrected chi connectivity index (χ0v) is 18.8. The highest BCUT2D eigenvalue weighted by atomic mass is 19.4. The van der Waals surface area contributed by atoms with Crippen LogP contribution < -0.4 is 10.6 Å². The summed E-state index contributed by atoms with van der Waals surface area (Å²) in [6, 6.07) is 19.4. The van der Waals surface area contributed by atoms with Crippen molar-refractivity contribution in [1.82, 2.24) is 19.7 Å². The molecule has 3 heterocycles. The summed E-state index contributed by atoms with van der Waals surface area (Å²) in [5.41, 5.74) is 4.80. The van der Waals surface area contributed by atoms with E-state index in [-0.39, 0.29) is 12.2 Å². The number of nitrogens with one attached hydrogen (secondary N) is 2. The lowest BCUT2D eigenvalue weighted by Crippen LogP contribution is -2.28. The van der Waals surface area contributed by atoms with Gasteiger partial charge in [-0.3, -0.25) is 9.38 Å². The number of anilines is 1. The SMILES string of the molecule is O=C(NCc1ccc(-c2cnc3cc(-c4cccnc4)ccn23)cc1)Nc1cccc(C(F)(F)F)c1. The van der Waals surface area contributed by atoms with E-state index in [0.29, 0.717) is 0 Å². The third kappa shape index (κ3) is 5.05. The van der Waals surface area contributed by atoms with Crippen molar-refractivity contribution in [3.05, 3.63) is 109 Å². The van der Waals surface area contributed by atoms with Crippen molar-refractivity contribution in [3.8, 4) is 22.4 Å². The molecule has 2 amide bonds. The molecule has 5 aromatic rings. The van der Waals surface area contributed by atoms with Gasteiger partial charge in [0, 0.05) is 41.9 Å². The Balaban J connectivity index is 1.24. The molecule has 0 aliphatic heterocycles. The van der Waals surface area contributed by atoms with E-state index in [2.05, 4.69) is 20.6 Å². The topological polar surface area (TPSA) is 71.3 Å². The molecule has 6 nitrogen and oxygen atoms in total. The number of hydrogen-bond donors (Lipinski definition) is 2. The second-order valence-electron chi connectivity index (χ2n) is 8.11. The molecule has 0 fully saturated rings. The van der Waals surface area contributed by atoms with Gasteiger partial charge in [-0.05, 0) is 47.5 Å². The number of imidazole rings is 1. The Hall–Kier alpha value is -4.66. The molecular weight excluding hydrogens is 467 g/mol. The summed E-state index contributed by atoms with van der Waals surface area (Å²) in [4.78, 5) is 20.9. The molecule has 0 unspecified atom stereocenters. The number of nitrogens with zero attached hydrogens (tertiary/aromatic N) is 3. The van der Waals surface area contributed by atoms with E-state index in [1.807, 2.05) is 65.3 Å². The van der Waals surface area contributed by atoms with Crippen LogP contribution in [0.1, 0.15) is 11.1 Å².